The Morgan fingerprint density at radius 1 is 1.00 bits per heavy atom. The maximum atomic E-state index is 13.2. The molecule has 0 aromatic heterocycles. The molecule has 3 rings (SSSR count). The van der Waals surface area contributed by atoms with Gasteiger partial charge in [-0.2, -0.15) is 0 Å². The maximum Gasteiger partial charge on any atom is 0.242 e. The molecule has 3 aromatic carbocycles. The van der Waals surface area contributed by atoms with Crippen LogP contribution in [0.4, 0.5) is 10.1 Å². The lowest BCUT2D eigenvalue weighted by atomic mass is 10.1. The quantitative estimate of drug-likeness (QED) is 0.600. The van der Waals surface area contributed by atoms with Gasteiger partial charge in [0.1, 0.15) is 16.8 Å². The SMILES string of the molecule is COc1cccc(NC(=O)C(Sc2ccc(F)cc2)c2ccccc2)c1. The molecule has 0 aliphatic heterocycles. The van der Waals surface area contributed by atoms with E-state index in [1.54, 1.807) is 25.3 Å². The molecule has 3 nitrogen and oxygen atoms in total. The molecule has 0 heterocycles. The van der Waals surface area contributed by atoms with Gasteiger partial charge in [0.25, 0.3) is 0 Å². The summed E-state index contributed by atoms with van der Waals surface area (Å²) in [5.74, 6) is 0.218. The smallest absolute Gasteiger partial charge is 0.242 e. The Balaban J connectivity index is 1.84. The average molecular weight is 367 g/mol. The van der Waals surface area contributed by atoms with Crippen molar-refractivity contribution in [1.82, 2.24) is 0 Å². The van der Waals surface area contributed by atoms with Crippen LogP contribution in [0.5, 0.6) is 5.75 Å². The minimum Gasteiger partial charge on any atom is -0.497 e. The van der Waals surface area contributed by atoms with Gasteiger partial charge in [-0.05, 0) is 42.0 Å². The van der Waals surface area contributed by atoms with E-state index in [1.165, 1.54) is 23.9 Å². The number of thioether (sulfide) groups is 1. The number of halogens is 1. The second kappa shape index (κ2) is 8.54. The van der Waals surface area contributed by atoms with Gasteiger partial charge in [0.05, 0.1) is 7.11 Å². The summed E-state index contributed by atoms with van der Waals surface area (Å²) in [5.41, 5.74) is 1.54. The molecule has 0 bridgehead atoms. The highest BCUT2D eigenvalue weighted by Crippen LogP contribution is 2.36. The average Bonchev–Trinajstić information content (AvgIpc) is 2.68. The summed E-state index contributed by atoms with van der Waals surface area (Å²) < 4.78 is 18.4. The molecular formula is C21H18FNO2S. The standard InChI is InChI=1S/C21H18FNO2S/c1-25-18-9-5-8-17(14-18)23-21(24)20(15-6-3-2-4-7-15)26-19-12-10-16(22)11-13-19/h2-14,20H,1H3,(H,23,24). The third kappa shape index (κ3) is 4.64. The summed E-state index contributed by atoms with van der Waals surface area (Å²) in [6, 6.07) is 22.9. The number of ether oxygens (including phenoxy) is 1. The summed E-state index contributed by atoms with van der Waals surface area (Å²) in [6.07, 6.45) is 0. The van der Waals surface area contributed by atoms with Crippen LogP contribution in [0.3, 0.4) is 0 Å². The van der Waals surface area contributed by atoms with E-state index < -0.39 is 5.25 Å². The number of hydrogen-bond acceptors (Lipinski definition) is 3. The number of rotatable bonds is 6. The molecule has 1 amide bonds. The summed E-state index contributed by atoms with van der Waals surface area (Å²) in [6.45, 7) is 0. The Morgan fingerprint density at radius 3 is 2.42 bits per heavy atom. The molecule has 0 aliphatic rings. The molecule has 0 aliphatic carbocycles. The molecule has 5 heteroatoms. The van der Waals surface area contributed by atoms with Gasteiger partial charge in [0, 0.05) is 16.6 Å². The number of carbonyl (C=O) groups is 1. The Kier molecular flexibility index (Phi) is 5.92. The van der Waals surface area contributed by atoms with Gasteiger partial charge in [-0.25, -0.2) is 4.39 Å². The fourth-order valence-corrected chi connectivity index (χ4v) is 3.48. The highest BCUT2D eigenvalue weighted by atomic mass is 32.2. The van der Waals surface area contributed by atoms with Crippen molar-refractivity contribution >= 4 is 23.4 Å². The van der Waals surface area contributed by atoms with Gasteiger partial charge in [-0.1, -0.05) is 36.4 Å². The van der Waals surface area contributed by atoms with Crippen LogP contribution in [0.2, 0.25) is 0 Å². The lowest BCUT2D eigenvalue weighted by Gasteiger charge is -2.17. The van der Waals surface area contributed by atoms with E-state index >= 15 is 0 Å². The number of amides is 1. The second-order valence-electron chi connectivity index (χ2n) is 5.58. The normalized spacial score (nSPS) is 11.6. The van der Waals surface area contributed by atoms with Gasteiger partial charge in [0.15, 0.2) is 0 Å². The predicted octanol–water partition coefficient (Wildman–Crippen LogP) is 5.31. The molecule has 0 saturated heterocycles. The lowest BCUT2D eigenvalue weighted by molar-refractivity contribution is -0.115. The third-order valence-electron chi connectivity index (χ3n) is 3.75. The molecule has 132 valence electrons. The Hall–Kier alpha value is -2.79. The van der Waals surface area contributed by atoms with Gasteiger partial charge >= 0.3 is 0 Å². The van der Waals surface area contributed by atoms with Gasteiger partial charge in [-0.15, -0.1) is 11.8 Å². The minimum absolute atomic E-state index is 0.154. The molecular weight excluding hydrogens is 349 g/mol. The van der Waals surface area contributed by atoms with Crippen LogP contribution in [-0.2, 0) is 4.79 Å². The van der Waals surface area contributed by atoms with Gasteiger partial charge < -0.3 is 10.1 Å². The van der Waals surface area contributed by atoms with Crippen molar-refractivity contribution in [2.45, 2.75) is 10.1 Å². The van der Waals surface area contributed by atoms with Crippen molar-refractivity contribution in [3.8, 4) is 5.75 Å². The van der Waals surface area contributed by atoms with Crippen LogP contribution in [0.15, 0.2) is 83.8 Å². The van der Waals surface area contributed by atoms with Gasteiger partial charge in [0.2, 0.25) is 5.91 Å². The van der Waals surface area contributed by atoms with E-state index in [1.807, 2.05) is 48.5 Å². The highest BCUT2D eigenvalue weighted by molar-refractivity contribution is 8.00. The fraction of sp³-hybridized carbons (Fsp3) is 0.0952. The number of nitrogens with one attached hydrogen (secondary N) is 1. The molecule has 0 spiro atoms. The Bertz CT molecular complexity index is 869. The first-order valence-corrected chi connectivity index (χ1v) is 8.96. The lowest BCUT2D eigenvalue weighted by Crippen LogP contribution is -2.19. The molecule has 1 N–H and O–H groups in total. The zero-order chi connectivity index (χ0) is 18.4. The van der Waals surface area contributed by atoms with Crippen LogP contribution in [0.25, 0.3) is 0 Å². The molecule has 0 radical (unpaired) electrons. The van der Waals surface area contributed by atoms with Crippen molar-refractivity contribution in [2.75, 3.05) is 12.4 Å². The van der Waals surface area contributed by atoms with Crippen LogP contribution >= 0.6 is 11.8 Å². The molecule has 0 fully saturated rings. The van der Waals surface area contributed by atoms with Crippen molar-refractivity contribution in [2.24, 2.45) is 0 Å². The monoisotopic (exact) mass is 367 g/mol. The van der Waals surface area contributed by atoms with E-state index in [9.17, 15) is 9.18 Å². The van der Waals surface area contributed by atoms with Crippen LogP contribution in [0.1, 0.15) is 10.8 Å². The first-order chi connectivity index (χ1) is 12.7. The first-order valence-electron chi connectivity index (χ1n) is 8.08. The van der Waals surface area contributed by atoms with E-state index in [2.05, 4.69) is 5.32 Å². The molecule has 3 aromatic rings. The number of carbonyl (C=O) groups excluding carboxylic acids is 1. The second-order valence-corrected chi connectivity index (χ2v) is 6.76. The predicted molar refractivity (Wildman–Crippen MR) is 103 cm³/mol. The minimum atomic E-state index is -0.465. The van der Waals surface area contributed by atoms with Crippen molar-refractivity contribution < 1.29 is 13.9 Å². The van der Waals surface area contributed by atoms with E-state index in [0.717, 1.165) is 10.5 Å². The van der Waals surface area contributed by atoms with E-state index in [4.69, 9.17) is 4.74 Å². The molecule has 0 saturated carbocycles. The Labute approximate surface area is 156 Å². The number of anilines is 1. The van der Waals surface area contributed by atoms with Gasteiger partial charge in [-0.3, -0.25) is 4.79 Å². The van der Waals surface area contributed by atoms with Crippen molar-refractivity contribution in [3.63, 3.8) is 0 Å². The summed E-state index contributed by atoms with van der Waals surface area (Å²) in [5, 5.41) is 2.47. The molecule has 1 unspecified atom stereocenters. The van der Waals surface area contributed by atoms with Crippen molar-refractivity contribution in [1.29, 1.82) is 0 Å². The van der Waals surface area contributed by atoms with E-state index in [-0.39, 0.29) is 11.7 Å². The van der Waals surface area contributed by atoms with Crippen LogP contribution < -0.4 is 10.1 Å². The van der Waals surface area contributed by atoms with Crippen LogP contribution in [-0.4, -0.2) is 13.0 Å². The summed E-state index contributed by atoms with van der Waals surface area (Å²) >= 11 is 1.38. The highest BCUT2D eigenvalue weighted by Gasteiger charge is 2.22. The first kappa shape index (κ1) is 18.0. The fourth-order valence-electron chi connectivity index (χ4n) is 2.46. The zero-order valence-corrected chi connectivity index (χ0v) is 15.0. The Morgan fingerprint density at radius 2 is 1.73 bits per heavy atom. The van der Waals surface area contributed by atoms with E-state index in [0.29, 0.717) is 11.4 Å². The zero-order valence-electron chi connectivity index (χ0n) is 14.2. The topological polar surface area (TPSA) is 38.3 Å². The molecule has 26 heavy (non-hydrogen) atoms. The number of hydrogen-bond donors (Lipinski definition) is 1. The summed E-state index contributed by atoms with van der Waals surface area (Å²) in [7, 11) is 1.58. The number of benzene rings is 3. The molecule has 1 atom stereocenters. The van der Waals surface area contributed by atoms with Crippen LogP contribution in [0, 0.1) is 5.82 Å². The number of methoxy groups -OCH3 is 1. The summed E-state index contributed by atoms with van der Waals surface area (Å²) in [4.78, 5) is 13.8. The maximum absolute atomic E-state index is 13.2. The third-order valence-corrected chi connectivity index (χ3v) is 5.01. The largest absolute Gasteiger partial charge is 0.497 e. The van der Waals surface area contributed by atoms with Crippen molar-refractivity contribution in [3.05, 3.63) is 90.2 Å².